The lowest BCUT2D eigenvalue weighted by Crippen LogP contribution is -2.09. The van der Waals surface area contributed by atoms with Gasteiger partial charge in [0.1, 0.15) is 16.7 Å². The molecule has 0 bridgehead atoms. The Hall–Kier alpha value is -2.59. The van der Waals surface area contributed by atoms with Crippen LogP contribution in [0.3, 0.4) is 0 Å². The van der Waals surface area contributed by atoms with Crippen molar-refractivity contribution in [3.63, 3.8) is 0 Å². The van der Waals surface area contributed by atoms with Crippen LogP contribution in [0.25, 0.3) is 22.4 Å². The highest BCUT2D eigenvalue weighted by atomic mass is 35.5. The normalized spacial score (nSPS) is 13.1. The van der Waals surface area contributed by atoms with Gasteiger partial charge < -0.3 is 10.5 Å². The summed E-state index contributed by atoms with van der Waals surface area (Å²) < 4.78 is 22.9. The Morgan fingerprint density at radius 2 is 1.85 bits per heavy atom. The monoisotopic (exact) mass is 383 g/mol. The van der Waals surface area contributed by atoms with Gasteiger partial charge in [0.15, 0.2) is 0 Å². The Kier molecular flexibility index (Phi) is 4.65. The maximum absolute atomic E-state index is 8.57. The number of anilines is 1. The van der Waals surface area contributed by atoms with Gasteiger partial charge in [0.25, 0.3) is 0 Å². The number of halogens is 1. The standard InChI is InChI=1S/C22H24ClN3O/c1-22(2,3)13-14-10-11-25-18(12-14)17-7-5-6-15(20(17)27-4)16-8-9-19(23)26-21(16)24/h5-12H,13H2,1-4H3,(H2,24,26)/i13D2. The quantitative estimate of drug-likeness (QED) is 0.592. The minimum Gasteiger partial charge on any atom is -0.495 e. The third-order valence-electron chi connectivity index (χ3n) is 3.96. The molecule has 0 amide bonds. The molecule has 1 aromatic carbocycles. The molecule has 0 aliphatic heterocycles. The fraction of sp³-hybridized carbons (Fsp3) is 0.273. The summed E-state index contributed by atoms with van der Waals surface area (Å²) in [6, 6.07) is 12.6. The average molecular weight is 384 g/mol. The van der Waals surface area contributed by atoms with Crippen LogP contribution in [0.1, 0.15) is 29.1 Å². The van der Waals surface area contributed by atoms with E-state index >= 15 is 0 Å². The van der Waals surface area contributed by atoms with E-state index in [-0.39, 0.29) is 0 Å². The van der Waals surface area contributed by atoms with E-state index in [0.29, 0.717) is 33.5 Å². The molecule has 0 aliphatic rings. The molecule has 2 aromatic heterocycles. The van der Waals surface area contributed by atoms with Crippen molar-refractivity contribution in [3.05, 3.63) is 59.4 Å². The summed E-state index contributed by atoms with van der Waals surface area (Å²) in [5.41, 5.74) is 8.90. The minimum absolute atomic E-state index is 0.304. The van der Waals surface area contributed by atoms with Crippen molar-refractivity contribution in [3.8, 4) is 28.1 Å². The lowest BCUT2D eigenvalue weighted by Gasteiger charge is -2.19. The second-order valence-corrected chi connectivity index (χ2v) is 7.65. The largest absolute Gasteiger partial charge is 0.495 e. The predicted octanol–water partition coefficient (Wildman–Crippen LogP) is 5.64. The van der Waals surface area contributed by atoms with Gasteiger partial charge in [-0.2, -0.15) is 0 Å². The molecule has 0 saturated heterocycles. The summed E-state index contributed by atoms with van der Waals surface area (Å²) in [6.45, 7) is 5.64. The Balaban J connectivity index is 2.17. The van der Waals surface area contributed by atoms with Gasteiger partial charge >= 0.3 is 0 Å². The molecule has 27 heavy (non-hydrogen) atoms. The number of benzene rings is 1. The molecule has 0 radical (unpaired) electrons. The molecule has 0 unspecified atom stereocenters. The zero-order valence-corrected chi connectivity index (χ0v) is 16.6. The van der Waals surface area contributed by atoms with Crippen molar-refractivity contribution in [2.45, 2.75) is 27.1 Å². The first kappa shape index (κ1) is 16.6. The second kappa shape index (κ2) is 7.57. The van der Waals surface area contributed by atoms with Crippen LogP contribution in [0.15, 0.2) is 48.7 Å². The van der Waals surface area contributed by atoms with Crippen molar-refractivity contribution < 1.29 is 7.48 Å². The second-order valence-electron chi connectivity index (χ2n) is 7.26. The lowest BCUT2D eigenvalue weighted by atomic mass is 9.88. The zero-order chi connectivity index (χ0) is 21.4. The maximum atomic E-state index is 8.57. The SMILES string of the molecule is [2H]C([2H])(c1ccnc(-c2cccc(-c3ccc(Cl)nc3N)c2OC)c1)C(C)(C)C. The first-order valence-electron chi connectivity index (χ1n) is 9.62. The molecule has 2 N–H and O–H groups in total. The van der Waals surface area contributed by atoms with Gasteiger partial charge in [0, 0.05) is 25.6 Å². The van der Waals surface area contributed by atoms with Crippen LogP contribution in [-0.4, -0.2) is 17.1 Å². The van der Waals surface area contributed by atoms with Crippen molar-refractivity contribution in [1.29, 1.82) is 0 Å². The number of rotatable bonds is 4. The molecule has 3 aromatic rings. The zero-order valence-electron chi connectivity index (χ0n) is 17.9. The number of ether oxygens (including phenoxy) is 1. The van der Waals surface area contributed by atoms with Gasteiger partial charge in [0.2, 0.25) is 0 Å². The first-order chi connectivity index (χ1) is 13.6. The van der Waals surface area contributed by atoms with E-state index in [4.69, 9.17) is 24.8 Å². The third-order valence-corrected chi connectivity index (χ3v) is 4.17. The van der Waals surface area contributed by atoms with Crippen LogP contribution in [0.5, 0.6) is 5.75 Å². The van der Waals surface area contributed by atoms with Crippen LogP contribution in [0, 0.1) is 5.41 Å². The third kappa shape index (κ3) is 4.40. The number of nitrogen functional groups attached to an aromatic ring is 1. The van der Waals surface area contributed by atoms with Gasteiger partial charge in [-0.05, 0) is 47.7 Å². The highest BCUT2D eigenvalue weighted by molar-refractivity contribution is 6.29. The first-order valence-corrected chi connectivity index (χ1v) is 9.00. The van der Waals surface area contributed by atoms with Crippen LogP contribution >= 0.6 is 11.6 Å². The van der Waals surface area contributed by atoms with Crippen molar-refractivity contribution >= 4 is 17.4 Å². The maximum Gasteiger partial charge on any atom is 0.136 e. The number of hydrogen-bond acceptors (Lipinski definition) is 4. The van der Waals surface area contributed by atoms with Gasteiger partial charge in [-0.15, -0.1) is 0 Å². The summed E-state index contributed by atoms with van der Waals surface area (Å²) in [6.07, 6.45) is 0.0959. The molecular formula is C22H24ClN3O. The van der Waals surface area contributed by atoms with Crippen LogP contribution in [0.2, 0.25) is 5.15 Å². The fourth-order valence-electron chi connectivity index (χ4n) is 2.94. The lowest BCUT2D eigenvalue weighted by molar-refractivity contribution is 0.411. The van der Waals surface area contributed by atoms with E-state index in [2.05, 4.69) is 9.97 Å². The summed E-state index contributed by atoms with van der Waals surface area (Å²) in [4.78, 5) is 8.59. The number of nitrogens with two attached hydrogens (primary N) is 1. The number of nitrogens with zero attached hydrogens (tertiary/aromatic N) is 2. The van der Waals surface area contributed by atoms with Crippen LogP contribution in [-0.2, 0) is 6.37 Å². The topological polar surface area (TPSA) is 61.0 Å². The minimum atomic E-state index is -1.53. The van der Waals surface area contributed by atoms with Gasteiger partial charge in [-0.25, -0.2) is 4.98 Å². The average Bonchev–Trinajstić information content (AvgIpc) is 2.66. The summed E-state index contributed by atoms with van der Waals surface area (Å²) in [5.74, 6) is 0.892. The van der Waals surface area contributed by atoms with Crippen molar-refractivity contribution in [2.24, 2.45) is 5.41 Å². The van der Waals surface area contributed by atoms with Gasteiger partial charge in [0.05, 0.1) is 12.8 Å². The Morgan fingerprint density at radius 3 is 2.52 bits per heavy atom. The highest BCUT2D eigenvalue weighted by Crippen LogP contribution is 2.40. The van der Waals surface area contributed by atoms with Crippen molar-refractivity contribution in [1.82, 2.24) is 9.97 Å². The summed E-state index contributed by atoms with van der Waals surface area (Å²) in [7, 11) is 1.58. The highest BCUT2D eigenvalue weighted by Gasteiger charge is 2.17. The van der Waals surface area contributed by atoms with E-state index in [0.717, 1.165) is 11.1 Å². The Labute approximate surface area is 168 Å². The molecule has 5 heteroatoms. The molecule has 0 atom stereocenters. The van der Waals surface area contributed by atoms with Gasteiger partial charge in [-0.3, -0.25) is 4.98 Å². The number of methoxy groups -OCH3 is 1. The molecule has 2 heterocycles. The van der Waals surface area contributed by atoms with Crippen molar-refractivity contribution in [2.75, 3.05) is 12.8 Å². The van der Waals surface area contributed by atoms with Crippen LogP contribution in [0.4, 0.5) is 5.82 Å². The molecule has 0 aliphatic carbocycles. The molecule has 0 fully saturated rings. The summed E-state index contributed by atoms with van der Waals surface area (Å²) in [5, 5.41) is 0.320. The molecule has 0 spiro atoms. The summed E-state index contributed by atoms with van der Waals surface area (Å²) >= 11 is 5.93. The van der Waals surface area contributed by atoms with E-state index in [9.17, 15) is 0 Å². The Morgan fingerprint density at radius 1 is 1.11 bits per heavy atom. The van der Waals surface area contributed by atoms with E-state index in [1.807, 2.05) is 39.0 Å². The number of aromatic nitrogens is 2. The molecule has 3 rings (SSSR count). The van der Waals surface area contributed by atoms with E-state index in [1.54, 1.807) is 37.6 Å². The molecular weight excluding hydrogens is 358 g/mol. The number of para-hydroxylation sites is 1. The molecule has 0 saturated carbocycles. The van der Waals surface area contributed by atoms with Crippen LogP contribution < -0.4 is 10.5 Å². The van der Waals surface area contributed by atoms with E-state index in [1.165, 1.54) is 0 Å². The number of pyridine rings is 2. The number of hydrogen-bond donors (Lipinski definition) is 1. The predicted molar refractivity (Wildman–Crippen MR) is 112 cm³/mol. The molecule has 4 nitrogen and oxygen atoms in total. The fourth-order valence-corrected chi connectivity index (χ4v) is 3.09. The van der Waals surface area contributed by atoms with Gasteiger partial charge in [-0.1, -0.05) is 44.5 Å². The smallest absolute Gasteiger partial charge is 0.136 e. The Bertz CT molecular complexity index is 1050. The van der Waals surface area contributed by atoms with E-state index < -0.39 is 11.8 Å². The molecule has 140 valence electrons.